The maximum Gasteiger partial charge on any atom is 0.257 e. The molecule has 3 heterocycles. The Hall–Kier alpha value is -2.91. The van der Waals surface area contributed by atoms with E-state index in [2.05, 4.69) is 10.2 Å². The Morgan fingerprint density at radius 2 is 1.91 bits per heavy atom. The minimum absolute atomic E-state index is 0.0382. The molecule has 178 valence electrons. The number of amides is 1. The van der Waals surface area contributed by atoms with Gasteiger partial charge in [0.2, 0.25) is 5.43 Å². The van der Waals surface area contributed by atoms with Crippen molar-refractivity contribution in [1.82, 2.24) is 14.8 Å². The summed E-state index contributed by atoms with van der Waals surface area (Å²) >= 11 is 5.93. The maximum absolute atomic E-state index is 13.5. The zero-order valence-corrected chi connectivity index (χ0v) is 19.4. The van der Waals surface area contributed by atoms with E-state index in [1.165, 1.54) is 6.20 Å². The number of rotatable bonds is 6. The highest BCUT2D eigenvalue weighted by Gasteiger charge is 2.26. The van der Waals surface area contributed by atoms with Gasteiger partial charge in [-0.25, -0.2) is 0 Å². The first-order valence-electron chi connectivity index (χ1n) is 11.3. The molecule has 9 heteroatoms. The lowest BCUT2D eigenvalue weighted by atomic mass is 10.0. The summed E-state index contributed by atoms with van der Waals surface area (Å²) in [6.07, 6.45) is 1.54. The van der Waals surface area contributed by atoms with Crippen LogP contribution in [0.15, 0.2) is 47.4 Å². The van der Waals surface area contributed by atoms with Crippen molar-refractivity contribution < 1.29 is 19.4 Å². The van der Waals surface area contributed by atoms with Gasteiger partial charge in [-0.1, -0.05) is 23.7 Å². The molecule has 3 aromatic rings. The van der Waals surface area contributed by atoms with Gasteiger partial charge in [0, 0.05) is 37.4 Å². The number of pyridine rings is 1. The molecule has 2 aliphatic heterocycles. The van der Waals surface area contributed by atoms with E-state index >= 15 is 0 Å². The first-order chi connectivity index (χ1) is 16.5. The molecular formula is C25H26ClN3O5. The number of nitrogens with one attached hydrogen (secondary N) is 1. The van der Waals surface area contributed by atoms with Crippen molar-refractivity contribution in [1.29, 1.82) is 0 Å². The summed E-state index contributed by atoms with van der Waals surface area (Å²) in [5.74, 6) is 0.129. The smallest absolute Gasteiger partial charge is 0.257 e. The van der Waals surface area contributed by atoms with Gasteiger partial charge in [0.05, 0.1) is 36.8 Å². The topological polar surface area (TPSA) is 93.0 Å². The summed E-state index contributed by atoms with van der Waals surface area (Å²) in [4.78, 5) is 28.8. The highest BCUT2D eigenvalue weighted by molar-refractivity contribution is 6.30. The number of nitrogens with zero attached hydrogens (tertiary/aromatic N) is 2. The van der Waals surface area contributed by atoms with Gasteiger partial charge in [-0.05, 0) is 35.4 Å². The van der Waals surface area contributed by atoms with E-state index in [0.29, 0.717) is 41.4 Å². The van der Waals surface area contributed by atoms with E-state index in [9.17, 15) is 14.7 Å². The molecular weight excluding hydrogens is 458 g/mol. The van der Waals surface area contributed by atoms with Crippen LogP contribution in [-0.4, -0.2) is 60.0 Å². The first kappa shape index (κ1) is 22.9. The largest absolute Gasteiger partial charge is 0.489 e. The first-order valence-corrected chi connectivity index (χ1v) is 11.7. The molecule has 0 aliphatic carbocycles. The molecule has 1 unspecified atom stereocenters. The van der Waals surface area contributed by atoms with Crippen molar-refractivity contribution in [2.24, 2.45) is 0 Å². The molecule has 34 heavy (non-hydrogen) atoms. The fourth-order valence-electron chi connectivity index (χ4n) is 4.47. The van der Waals surface area contributed by atoms with Crippen molar-refractivity contribution in [3.63, 3.8) is 0 Å². The van der Waals surface area contributed by atoms with Crippen LogP contribution in [0.3, 0.4) is 0 Å². The molecule has 1 aromatic heterocycles. The quantitative estimate of drug-likeness (QED) is 0.559. The van der Waals surface area contributed by atoms with Crippen molar-refractivity contribution in [3.8, 4) is 5.75 Å². The number of morpholine rings is 1. The van der Waals surface area contributed by atoms with Crippen LogP contribution in [0.4, 0.5) is 0 Å². The van der Waals surface area contributed by atoms with Crippen LogP contribution < -0.4 is 15.5 Å². The fourth-order valence-corrected chi connectivity index (χ4v) is 4.59. The molecule has 0 saturated carbocycles. The number of halogens is 1. The third-order valence-electron chi connectivity index (χ3n) is 6.31. The second-order valence-corrected chi connectivity index (χ2v) is 9.05. The van der Waals surface area contributed by atoms with Crippen LogP contribution in [0.1, 0.15) is 27.5 Å². The molecule has 5 rings (SSSR count). The standard InChI is InChI=1S/C25H26ClN3O5/c26-18-3-1-16(2-4-18)11-27-25(32)21-13-29-19(14-30)15-34-22-10-17(9-20(23(22)29)24(21)31)12-28-5-7-33-8-6-28/h1-4,9-10,13,19,30H,5-8,11-12,14-15H2,(H,27,32). The average Bonchev–Trinajstić information content (AvgIpc) is 2.86. The molecule has 0 spiro atoms. The molecule has 2 N–H and O–H groups in total. The van der Waals surface area contributed by atoms with E-state index in [4.69, 9.17) is 21.1 Å². The average molecular weight is 484 g/mol. The van der Waals surface area contributed by atoms with Crippen LogP contribution in [0.25, 0.3) is 10.9 Å². The highest BCUT2D eigenvalue weighted by atomic mass is 35.5. The molecule has 1 fully saturated rings. The maximum atomic E-state index is 13.5. The third kappa shape index (κ3) is 4.54. The van der Waals surface area contributed by atoms with Gasteiger partial charge in [-0.15, -0.1) is 0 Å². The number of hydrogen-bond acceptors (Lipinski definition) is 6. The fraction of sp³-hybridized carbons (Fsp3) is 0.360. The Labute approximate surface area is 201 Å². The Balaban J connectivity index is 1.51. The van der Waals surface area contributed by atoms with Crippen molar-refractivity contribution >= 4 is 28.4 Å². The zero-order chi connectivity index (χ0) is 23.7. The van der Waals surface area contributed by atoms with Crippen LogP contribution in [0.2, 0.25) is 5.02 Å². The van der Waals surface area contributed by atoms with Crippen LogP contribution in [0, 0.1) is 0 Å². The SMILES string of the molecule is O=C(NCc1ccc(Cl)cc1)c1cn2c3c(cc(CN4CCOCC4)cc3c1=O)OCC2CO. The second kappa shape index (κ2) is 9.76. The monoisotopic (exact) mass is 483 g/mol. The Kier molecular flexibility index (Phi) is 6.56. The number of carbonyl (C=O) groups excluding carboxylic acids is 1. The Morgan fingerprint density at radius 1 is 1.15 bits per heavy atom. The molecule has 1 atom stereocenters. The van der Waals surface area contributed by atoms with Crippen LogP contribution in [-0.2, 0) is 17.8 Å². The summed E-state index contributed by atoms with van der Waals surface area (Å²) in [7, 11) is 0. The zero-order valence-electron chi connectivity index (χ0n) is 18.6. The van der Waals surface area contributed by atoms with Gasteiger partial charge >= 0.3 is 0 Å². The normalized spacial score (nSPS) is 18.0. The predicted octanol–water partition coefficient (Wildman–Crippen LogP) is 2.34. The lowest BCUT2D eigenvalue weighted by molar-refractivity contribution is 0.0341. The van der Waals surface area contributed by atoms with E-state index < -0.39 is 5.91 Å². The minimum atomic E-state index is -0.464. The summed E-state index contributed by atoms with van der Waals surface area (Å²) in [6, 6.07) is 10.5. The number of aliphatic hydroxyl groups is 1. The van der Waals surface area contributed by atoms with Crippen LogP contribution in [0.5, 0.6) is 5.75 Å². The van der Waals surface area contributed by atoms with Crippen molar-refractivity contribution in [2.75, 3.05) is 39.5 Å². The highest BCUT2D eigenvalue weighted by Crippen LogP contribution is 2.33. The number of aliphatic hydroxyl groups excluding tert-OH is 1. The van der Waals surface area contributed by atoms with E-state index in [1.807, 2.05) is 24.3 Å². The van der Waals surface area contributed by atoms with Gasteiger partial charge in [0.15, 0.2) is 0 Å². The summed E-state index contributed by atoms with van der Waals surface area (Å²) in [5.41, 5.74) is 2.10. The summed E-state index contributed by atoms with van der Waals surface area (Å²) < 4.78 is 13.2. The predicted molar refractivity (Wildman–Crippen MR) is 129 cm³/mol. The molecule has 1 saturated heterocycles. The number of benzene rings is 2. The third-order valence-corrected chi connectivity index (χ3v) is 6.56. The Bertz CT molecular complexity index is 1270. The Morgan fingerprint density at radius 3 is 2.65 bits per heavy atom. The molecule has 2 aromatic carbocycles. The van der Waals surface area contributed by atoms with Gasteiger partial charge in [-0.3, -0.25) is 14.5 Å². The minimum Gasteiger partial charge on any atom is -0.489 e. The molecule has 0 radical (unpaired) electrons. The molecule has 2 aliphatic rings. The molecule has 0 bridgehead atoms. The summed E-state index contributed by atoms with van der Waals surface area (Å²) in [5, 5.41) is 13.8. The van der Waals surface area contributed by atoms with Gasteiger partial charge in [-0.2, -0.15) is 0 Å². The van der Waals surface area contributed by atoms with Gasteiger partial charge in [0.1, 0.15) is 17.9 Å². The van der Waals surface area contributed by atoms with E-state index in [-0.39, 0.29) is 36.8 Å². The van der Waals surface area contributed by atoms with E-state index in [1.54, 1.807) is 16.7 Å². The second-order valence-electron chi connectivity index (χ2n) is 8.61. The number of carbonyl (C=O) groups is 1. The summed E-state index contributed by atoms with van der Waals surface area (Å²) in [6.45, 7) is 4.01. The van der Waals surface area contributed by atoms with Crippen molar-refractivity contribution in [3.05, 3.63) is 74.5 Å². The van der Waals surface area contributed by atoms with Crippen molar-refractivity contribution in [2.45, 2.75) is 19.1 Å². The lowest BCUT2D eigenvalue weighted by Gasteiger charge is -2.30. The number of aromatic nitrogens is 1. The number of ether oxygens (including phenoxy) is 2. The molecule has 1 amide bonds. The number of hydrogen-bond donors (Lipinski definition) is 2. The van der Waals surface area contributed by atoms with Gasteiger partial charge < -0.3 is 24.5 Å². The molecule has 8 nitrogen and oxygen atoms in total. The lowest BCUT2D eigenvalue weighted by Crippen LogP contribution is -2.36. The van der Waals surface area contributed by atoms with Gasteiger partial charge in [0.25, 0.3) is 5.91 Å². The van der Waals surface area contributed by atoms with E-state index in [0.717, 1.165) is 24.2 Å². The van der Waals surface area contributed by atoms with Crippen LogP contribution >= 0.6 is 11.6 Å².